The number of aromatic nitrogens is 2. The number of nitrogens with zero attached hydrogens (tertiary/aromatic N) is 2. The molecule has 0 N–H and O–H groups in total. The molecule has 3 aromatic carbocycles. The lowest BCUT2D eigenvalue weighted by atomic mass is 10.1. The van der Waals surface area contributed by atoms with Gasteiger partial charge in [-0.25, -0.2) is 4.68 Å². The normalized spacial score (nSPS) is 10.7. The molecular weight excluding hydrogens is 304 g/mol. The zero-order valence-electron chi connectivity index (χ0n) is 14.2. The molecule has 1 aromatic heterocycles. The second-order valence-electron chi connectivity index (χ2n) is 6.48. The second kappa shape index (κ2) is 6.56. The van der Waals surface area contributed by atoms with Crippen molar-refractivity contribution in [3.8, 4) is 16.9 Å². The number of benzene rings is 3. The summed E-state index contributed by atoms with van der Waals surface area (Å²) in [5, 5.41) is 6.13. The zero-order chi connectivity index (χ0) is 16.7. The number of aryl methyl sites for hydroxylation is 3. The highest BCUT2D eigenvalue weighted by molar-refractivity contribution is 5.94. The van der Waals surface area contributed by atoms with Gasteiger partial charge < -0.3 is 0 Å². The molecule has 0 amide bonds. The summed E-state index contributed by atoms with van der Waals surface area (Å²) in [6.07, 6.45) is 0. The lowest BCUT2D eigenvalue weighted by Gasteiger charge is -2.04. The summed E-state index contributed by atoms with van der Waals surface area (Å²) in [5.41, 5.74) is 8.18. The van der Waals surface area contributed by atoms with Crippen LogP contribution in [0.5, 0.6) is 0 Å². The summed E-state index contributed by atoms with van der Waals surface area (Å²) >= 11 is 0. The molecule has 0 saturated carbocycles. The molecule has 0 fully saturated rings. The highest BCUT2D eigenvalue weighted by atomic mass is 15.3. The van der Waals surface area contributed by atoms with Crippen molar-refractivity contribution < 1.29 is 0 Å². The third-order valence-electron chi connectivity index (χ3n) is 4.44. The average molecular weight is 328 g/mol. The van der Waals surface area contributed by atoms with E-state index in [9.17, 15) is 0 Å². The zero-order valence-corrected chi connectivity index (χ0v) is 14.2. The van der Waals surface area contributed by atoms with E-state index < -0.39 is 0 Å². The molecule has 4 rings (SSSR count). The number of hydrogen-bond donors (Lipinski definition) is 0. The van der Waals surface area contributed by atoms with Gasteiger partial charge in [-0.3, -0.25) is 0 Å². The maximum Gasteiger partial charge on any atom is 0.101 e. The fourth-order valence-electron chi connectivity index (χ4n) is 3.03. The van der Waals surface area contributed by atoms with Crippen LogP contribution in [-0.2, 0) is 0 Å². The van der Waals surface area contributed by atoms with Gasteiger partial charge >= 0.3 is 0 Å². The third kappa shape index (κ3) is 3.08. The van der Waals surface area contributed by atoms with E-state index in [-0.39, 0.29) is 7.43 Å². The Morgan fingerprint density at radius 3 is 1.88 bits per heavy atom. The van der Waals surface area contributed by atoms with Crippen molar-refractivity contribution in [3.63, 3.8) is 0 Å². The van der Waals surface area contributed by atoms with E-state index in [1.807, 2.05) is 0 Å². The smallest absolute Gasteiger partial charge is 0.101 e. The summed E-state index contributed by atoms with van der Waals surface area (Å²) in [4.78, 5) is 0. The van der Waals surface area contributed by atoms with Crippen LogP contribution in [0.4, 0.5) is 0 Å². The molecule has 0 bridgehead atoms. The van der Waals surface area contributed by atoms with Crippen LogP contribution in [0.1, 0.15) is 24.1 Å². The van der Waals surface area contributed by atoms with Crippen molar-refractivity contribution >= 4 is 10.9 Å². The summed E-state index contributed by atoms with van der Waals surface area (Å²) in [7, 11) is 0. The highest BCUT2D eigenvalue weighted by Gasteiger charge is 2.13. The van der Waals surface area contributed by atoms with Crippen LogP contribution >= 0.6 is 0 Å². The molecule has 2 heteroatoms. The van der Waals surface area contributed by atoms with E-state index in [0.29, 0.717) is 0 Å². The predicted octanol–water partition coefficient (Wildman–Crippen LogP) is 6.25. The van der Waals surface area contributed by atoms with Crippen molar-refractivity contribution in [3.05, 3.63) is 83.4 Å². The van der Waals surface area contributed by atoms with Crippen LogP contribution in [0.2, 0.25) is 0 Å². The summed E-state index contributed by atoms with van der Waals surface area (Å²) < 4.78 is 2.05. The first-order valence-corrected chi connectivity index (χ1v) is 8.25. The molecule has 0 spiro atoms. The molecule has 4 aromatic rings. The Balaban J connectivity index is 0.00000182. The van der Waals surface area contributed by atoms with Crippen LogP contribution < -0.4 is 0 Å². The van der Waals surface area contributed by atoms with E-state index in [0.717, 1.165) is 22.5 Å². The van der Waals surface area contributed by atoms with Crippen LogP contribution in [0.15, 0.2) is 66.7 Å². The Labute approximate surface area is 149 Å². The number of fused-ring (bicyclic) bond motifs is 1. The summed E-state index contributed by atoms with van der Waals surface area (Å²) in [5.74, 6) is 0. The van der Waals surface area contributed by atoms with E-state index in [1.54, 1.807) is 0 Å². The van der Waals surface area contributed by atoms with Crippen LogP contribution in [0.25, 0.3) is 27.8 Å². The molecule has 25 heavy (non-hydrogen) atoms. The average Bonchev–Trinajstić information content (AvgIpc) is 2.95. The van der Waals surface area contributed by atoms with Gasteiger partial charge in [0.1, 0.15) is 5.69 Å². The van der Waals surface area contributed by atoms with E-state index in [1.165, 1.54) is 22.1 Å². The maximum atomic E-state index is 4.95. The second-order valence-corrected chi connectivity index (χ2v) is 6.48. The van der Waals surface area contributed by atoms with Crippen molar-refractivity contribution in [2.45, 2.75) is 28.2 Å². The molecule has 0 saturated heterocycles. The van der Waals surface area contributed by atoms with Crippen LogP contribution in [-0.4, -0.2) is 9.78 Å². The maximum absolute atomic E-state index is 4.95. The van der Waals surface area contributed by atoms with Gasteiger partial charge in [0.25, 0.3) is 0 Å². The Morgan fingerprint density at radius 2 is 1.24 bits per heavy atom. The minimum atomic E-state index is 0. The Bertz CT molecular complexity index is 1010. The van der Waals surface area contributed by atoms with E-state index in [4.69, 9.17) is 5.10 Å². The molecule has 0 radical (unpaired) electrons. The minimum Gasteiger partial charge on any atom is -0.232 e. The van der Waals surface area contributed by atoms with Gasteiger partial charge in [0, 0.05) is 10.9 Å². The molecule has 0 aliphatic heterocycles. The van der Waals surface area contributed by atoms with Gasteiger partial charge in [-0.1, -0.05) is 67.1 Å². The van der Waals surface area contributed by atoms with Gasteiger partial charge in [0.05, 0.1) is 11.2 Å². The molecule has 0 unspecified atom stereocenters. The van der Waals surface area contributed by atoms with Crippen molar-refractivity contribution in [2.75, 3.05) is 0 Å². The topological polar surface area (TPSA) is 17.8 Å². The van der Waals surface area contributed by atoms with Gasteiger partial charge in [-0.15, -0.1) is 0 Å². The van der Waals surface area contributed by atoms with E-state index in [2.05, 4.69) is 92.2 Å². The fraction of sp³-hybridized carbons (Fsp3) is 0.174. The van der Waals surface area contributed by atoms with Crippen molar-refractivity contribution in [1.29, 1.82) is 0 Å². The van der Waals surface area contributed by atoms with Gasteiger partial charge in [0.2, 0.25) is 0 Å². The molecule has 2 nitrogen and oxygen atoms in total. The Hall–Kier alpha value is -2.87. The Morgan fingerprint density at radius 1 is 0.680 bits per heavy atom. The summed E-state index contributed by atoms with van der Waals surface area (Å²) in [6.45, 7) is 6.33. The molecule has 0 aliphatic carbocycles. The minimum absolute atomic E-state index is 0. The predicted molar refractivity (Wildman–Crippen MR) is 107 cm³/mol. The highest BCUT2D eigenvalue weighted by Crippen LogP contribution is 2.30. The van der Waals surface area contributed by atoms with Crippen molar-refractivity contribution in [2.24, 2.45) is 0 Å². The first kappa shape index (κ1) is 17.0. The third-order valence-corrected chi connectivity index (χ3v) is 4.44. The Kier molecular flexibility index (Phi) is 4.45. The largest absolute Gasteiger partial charge is 0.232 e. The van der Waals surface area contributed by atoms with Crippen LogP contribution in [0.3, 0.4) is 0 Å². The molecule has 126 valence electrons. The van der Waals surface area contributed by atoms with Gasteiger partial charge in [0.15, 0.2) is 0 Å². The standard InChI is InChI=1S/C22H20N2.CH4/c1-15-4-9-18(10-5-15)22-20-13-8-17(3)14-21(20)24(23-22)19-11-6-16(2)7-12-19;/h4-14H,1-3H3;1H4. The van der Waals surface area contributed by atoms with Gasteiger partial charge in [-0.05, 0) is 44.5 Å². The first-order chi connectivity index (χ1) is 11.6. The molecule has 0 aliphatic rings. The van der Waals surface area contributed by atoms with E-state index >= 15 is 0 Å². The molecule has 1 heterocycles. The number of hydrogen-bond acceptors (Lipinski definition) is 1. The van der Waals surface area contributed by atoms with Gasteiger partial charge in [-0.2, -0.15) is 5.10 Å². The SMILES string of the molecule is C.Cc1ccc(-c2nn(-c3ccc(C)cc3)c3cc(C)ccc23)cc1. The number of rotatable bonds is 2. The first-order valence-electron chi connectivity index (χ1n) is 8.25. The van der Waals surface area contributed by atoms with Crippen LogP contribution in [0, 0.1) is 20.8 Å². The molecule has 0 atom stereocenters. The quantitative estimate of drug-likeness (QED) is 0.425. The fourth-order valence-corrected chi connectivity index (χ4v) is 3.03. The van der Waals surface area contributed by atoms with Crippen molar-refractivity contribution in [1.82, 2.24) is 9.78 Å². The lowest BCUT2D eigenvalue weighted by molar-refractivity contribution is 0.914. The lowest BCUT2D eigenvalue weighted by Crippen LogP contribution is -1.96. The molecular formula is C23H24N2. The monoisotopic (exact) mass is 328 g/mol. The summed E-state index contributed by atoms with van der Waals surface area (Å²) in [6, 6.07) is 23.6.